The Morgan fingerprint density at radius 3 is 2.00 bits per heavy atom. The van der Waals surface area contributed by atoms with E-state index in [1.54, 1.807) is 0 Å². The fourth-order valence-electron chi connectivity index (χ4n) is 3.12. The molecule has 0 aromatic rings. The highest BCUT2D eigenvalue weighted by atomic mass is 15.2. The molecule has 0 aliphatic heterocycles. The van der Waals surface area contributed by atoms with Crippen molar-refractivity contribution < 1.29 is 0 Å². The Morgan fingerprint density at radius 2 is 1.42 bits per heavy atom. The van der Waals surface area contributed by atoms with Gasteiger partial charge < -0.3 is 5.32 Å². The quantitative estimate of drug-likeness (QED) is 0.591. The van der Waals surface area contributed by atoms with E-state index in [-0.39, 0.29) is 0 Å². The summed E-state index contributed by atoms with van der Waals surface area (Å²) in [6.07, 6.45) is 13.2. The van der Waals surface area contributed by atoms with Gasteiger partial charge in [-0.15, -0.1) is 0 Å². The van der Waals surface area contributed by atoms with Gasteiger partial charge >= 0.3 is 0 Å². The summed E-state index contributed by atoms with van der Waals surface area (Å²) in [6.45, 7) is 4.11. The maximum atomic E-state index is 4.89. The van der Waals surface area contributed by atoms with Crippen LogP contribution in [0.15, 0.2) is 9.98 Å². The lowest BCUT2D eigenvalue weighted by atomic mass is 9.95. The van der Waals surface area contributed by atoms with Crippen molar-refractivity contribution in [2.75, 3.05) is 0 Å². The molecule has 2 rings (SSSR count). The largest absolute Gasteiger partial charge is 0.352 e. The maximum absolute atomic E-state index is 4.89. The molecule has 0 saturated heterocycles. The summed E-state index contributed by atoms with van der Waals surface area (Å²) < 4.78 is 0. The molecule has 2 fully saturated rings. The van der Waals surface area contributed by atoms with E-state index in [1.165, 1.54) is 64.2 Å². The molecule has 0 unspecified atom stereocenters. The van der Waals surface area contributed by atoms with Crippen molar-refractivity contribution in [1.29, 1.82) is 0 Å². The van der Waals surface area contributed by atoms with E-state index in [0.29, 0.717) is 12.1 Å². The first-order valence-electron chi connectivity index (χ1n) is 8.10. The van der Waals surface area contributed by atoms with E-state index in [2.05, 4.69) is 24.2 Å². The van der Waals surface area contributed by atoms with Crippen molar-refractivity contribution in [3.05, 3.63) is 0 Å². The lowest BCUT2D eigenvalue weighted by Gasteiger charge is -2.25. The molecule has 0 bridgehead atoms. The minimum absolute atomic E-state index is 0.503. The standard InChI is InChI=1S/C16H29N3/c1-13(2)17-16(18-14-9-5-3-6-10-14)19-15-11-7-4-8-12-15/h14-15H,3-12H2,1-2H3,(H,18,19). The predicted octanol–water partition coefficient (Wildman–Crippen LogP) is 4.08. The topological polar surface area (TPSA) is 36.8 Å². The van der Waals surface area contributed by atoms with E-state index in [1.807, 2.05) is 0 Å². The Balaban J connectivity index is 1.97. The van der Waals surface area contributed by atoms with Crippen LogP contribution in [0.4, 0.5) is 0 Å². The van der Waals surface area contributed by atoms with Gasteiger partial charge in [-0.2, -0.15) is 0 Å². The number of rotatable bonds is 2. The molecule has 0 heterocycles. The highest BCUT2D eigenvalue weighted by Gasteiger charge is 2.17. The number of aliphatic imine (C=N–C) groups is 2. The second-order valence-electron chi connectivity index (χ2n) is 6.28. The predicted molar refractivity (Wildman–Crippen MR) is 83.1 cm³/mol. The zero-order valence-corrected chi connectivity index (χ0v) is 12.6. The third kappa shape index (κ3) is 5.33. The van der Waals surface area contributed by atoms with Gasteiger partial charge in [0.2, 0.25) is 5.96 Å². The van der Waals surface area contributed by atoms with Crippen molar-refractivity contribution in [1.82, 2.24) is 5.32 Å². The average Bonchev–Trinajstić information content (AvgIpc) is 2.40. The highest BCUT2D eigenvalue weighted by molar-refractivity contribution is 5.94. The molecule has 0 spiro atoms. The Hall–Kier alpha value is -0.860. The highest BCUT2D eigenvalue weighted by Crippen LogP contribution is 2.21. The second-order valence-corrected chi connectivity index (χ2v) is 6.28. The number of nitrogens with zero attached hydrogens (tertiary/aromatic N) is 2. The Labute approximate surface area is 118 Å². The first-order chi connectivity index (χ1) is 9.24. The summed E-state index contributed by atoms with van der Waals surface area (Å²) in [5.41, 5.74) is 1.10. The normalized spacial score (nSPS) is 23.2. The SMILES string of the molecule is CC(C)=N/C(=N\C1CCCCC1)NC1CCCCC1. The smallest absolute Gasteiger partial charge is 0.218 e. The second kappa shape index (κ2) is 7.66. The van der Waals surface area contributed by atoms with Crippen molar-refractivity contribution in [3.63, 3.8) is 0 Å². The minimum Gasteiger partial charge on any atom is -0.352 e. The third-order valence-corrected chi connectivity index (χ3v) is 4.15. The molecular formula is C16H29N3. The Morgan fingerprint density at radius 1 is 0.842 bits per heavy atom. The van der Waals surface area contributed by atoms with Crippen LogP contribution in [-0.2, 0) is 0 Å². The van der Waals surface area contributed by atoms with Crippen LogP contribution < -0.4 is 5.32 Å². The first kappa shape index (κ1) is 14.5. The lowest BCUT2D eigenvalue weighted by Crippen LogP contribution is -2.36. The van der Waals surface area contributed by atoms with Gasteiger partial charge in [-0.05, 0) is 39.5 Å². The van der Waals surface area contributed by atoms with Gasteiger partial charge in [-0.1, -0.05) is 38.5 Å². The minimum atomic E-state index is 0.503. The van der Waals surface area contributed by atoms with Crippen LogP contribution in [-0.4, -0.2) is 23.8 Å². The molecule has 2 aliphatic carbocycles. The van der Waals surface area contributed by atoms with Crippen molar-refractivity contribution >= 4 is 11.7 Å². The fraction of sp³-hybridized carbons (Fsp3) is 0.875. The molecule has 3 heteroatoms. The lowest BCUT2D eigenvalue weighted by molar-refractivity contribution is 0.407. The number of hydrogen-bond acceptors (Lipinski definition) is 1. The Kier molecular flexibility index (Phi) is 5.87. The summed E-state index contributed by atoms with van der Waals surface area (Å²) in [4.78, 5) is 9.51. The van der Waals surface area contributed by atoms with Crippen LogP contribution >= 0.6 is 0 Å². The number of nitrogens with one attached hydrogen (secondary N) is 1. The maximum Gasteiger partial charge on any atom is 0.218 e. The zero-order chi connectivity index (χ0) is 13.5. The summed E-state index contributed by atoms with van der Waals surface area (Å²) in [7, 11) is 0. The van der Waals surface area contributed by atoms with E-state index in [4.69, 9.17) is 4.99 Å². The fourth-order valence-corrected chi connectivity index (χ4v) is 3.12. The van der Waals surface area contributed by atoms with Crippen LogP contribution in [0.5, 0.6) is 0 Å². The van der Waals surface area contributed by atoms with Crippen molar-refractivity contribution in [2.45, 2.75) is 90.1 Å². The molecule has 2 saturated carbocycles. The molecule has 108 valence electrons. The van der Waals surface area contributed by atoms with Crippen LogP contribution in [0.3, 0.4) is 0 Å². The van der Waals surface area contributed by atoms with E-state index < -0.39 is 0 Å². The van der Waals surface area contributed by atoms with Crippen LogP contribution in [0, 0.1) is 0 Å². The summed E-state index contributed by atoms with van der Waals surface area (Å²) >= 11 is 0. The first-order valence-corrected chi connectivity index (χ1v) is 8.10. The molecule has 0 amide bonds. The van der Waals surface area contributed by atoms with Gasteiger partial charge in [0.25, 0.3) is 0 Å². The van der Waals surface area contributed by atoms with E-state index in [9.17, 15) is 0 Å². The average molecular weight is 263 g/mol. The van der Waals surface area contributed by atoms with E-state index in [0.717, 1.165) is 11.7 Å². The molecule has 1 N–H and O–H groups in total. The van der Waals surface area contributed by atoms with Crippen LogP contribution in [0.1, 0.15) is 78.1 Å². The van der Waals surface area contributed by atoms with E-state index >= 15 is 0 Å². The molecule has 0 aromatic carbocycles. The monoisotopic (exact) mass is 263 g/mol. The molecule has 0 aromatic heterocycles. The molecule has 19 heavy (non-hydrogen) atoms. The van der Waals surface area contributed by atoms with Gasteiger partial charge in [0.15, 0.2) is 0 Å². The number of guanidine groups is 1. The zero-order valence-electron chi connectivity index (χ0n) is 12.6. The van der Waals surface area contributed by atoms with Crippen LogP contribution in [0.2, 0.25) is 0 Å². The molecule has 3 nitrogen and oxygen atoms in total. The summed E-state index contributed by atoms with van der Waals surface area (Å²) in [5, 5.41) is 3.60. The molecular weight excluding hydrogens is 234 g/mol. The molecule has 2 aliphatic rings. The van der Waals surface area contributed by atoms with Crippen molar-refractivity contribution in [3.8, 4) is 0 Å². The van der Waals surface area contributed by atoms with Gasteiger partial charge in [0.05, 0.1) is 6.04 Å². The van der Waals surface area contributed by atoms with Gasteiger partial charge in [0, 0.05) is 11.8 Å². The van der Waals surface area contributed by atoms with Gasteiger partial charge in [-0.3, -0.25) is 0 Å². The number of hydrogen-bond donors (Lipinski definition) is 1. The molecule has 0 atom stereocenters. The van der Waals surface area contributed by atoms with Gasteiger partial charge in [0.1, 0.15) is 0 Å². The van der Waals surface area contributed by atoms with Crippen LogP contribution in [0.25, 0.3) is 0 Å². The van der Waals surface area contributed by atoms with Gasteiger partial charge in [-0.25, -0.2) is 9.98 Å². The molecule has 0 radical (unpaired) electrons. The third-order valence-electron chi connectivity index (χ3n) is 4.15. The summed E-state index contributed by atoms with van der Waals surface area (Å²) in [6, 6.07) is 1.10. The van der Waals surface area contributed by atoms with Crippen molar-refractivity contribution in [2.24, 2.45) is 9.98 Å². The summed E-state index contributed by atoms with van der Waals surface area (Å²) in [5.74, 6) is 0.902. The Bertz CT molecular complexity index is 317.